The van der Waals surface area contributed by atoms with Gasteiger partial charge in [0.15, 0.2) is 0 Å². The van der Waals surface area contributed by atoms with Crippen LogP contribution in [0, 0.1) is 23.7 Å². The number of amides is 2. The molecule has 2 aromatic rings. The van der Waals surface area contributed by atoms with E-state index in [9.17, 15) is 19.8 Å². The van der Waals surface area contributed by atoms with Crippen molar-refractivity contribution in [1.82, 2.24) is 4.90 Å². The van der Waals surface area contributed by atoms with E-state index in [1.165, 1.54) is 4.90 Å². The molecule has 2 N–H and O–H groups in total. The number of carbonyl (C=O) groups is 2. The number of imide groups is 1. The summed E-state index contributed by atoms with van der Waals surface area (Å²) in [7, 11) is 0. The van der Waals surface area contributed by atoms with Gasteiger partial charge in [0.1, 0.15) is 6.61 Å². The maximum atomic E-state index is 13.4. The first-order valence-electron chi connectivity index (χ1n) is 11.5. The summed E-state index contributed by atoms with van der Waals surface area (Å²) in [6.45, 7) is 0.525. The Labute approximate surface area is 192 Å². The predicted molar refractivity (Wildman–Crippen MR) is 120 cm³/mol. The number of oxime groups is 1. The summed E-state index contributed by atoms with van der Waals surface area (Å²) in [5.74, 6) is -2.31. The average Bonchev–Trinajstić information content (AvgIpc) is 3.08. The number of nitrogens with zero attached hydrogens (tertiary/aromatic N) is 2. The quantitative estimate of drug-likeness (QED) is 0.541. The normalized spacial score (nSPS) is 32.5. The lowest BCUT2D eigenvalue weighted by atomic mass is 9.60. The number of aliphatic hydroxyl groups excluding tert-OH is 2. The van der Waals surface area contributed by atoms with Crippen LogP contribution >= 0.6 is 0 Å². The van der Waals surface area contributed by atoms with Gasteiger partial charge in [0, 0.05) is 18.3 Å². The van der Waals surface area contributed by atoms with Crippen LogP contribution in [0.15, 0.2) is 65.8 Å². The lowest BCUT2D eigenvalue weighted by molar-refractivity contribution is -0.142. The Morgan fingerprint density at radius 3 is 2.21 bits per heavy atom. The van der Waals surface area contributed by atoms with Crippen LogP contribution in [0.25, 0.3) is 0 Å². The zero-order chi connectivity index (χ0) is 22.9. The van der Waals surface area contributed by atoms with E-state index in [0.717, 1.165) is 11.1 Å². The van der Waals surface area contributed by atoms with Gasteiger partial charge in [-0.05, 0) is 24.0 Å². The standard InChI is InChI=1S/C26H28N2O5/c29-21-13-20(27-33-15-17-9-5-2-6-10-17)18-11-12-19-23(22(18)24(21)30)26(32)28(25(19)31)14-16-7-3-1-4-8-16/h1-10,18-19,21-24,29-30H,11-15H2/b27-20+/t18-,19+,21+,22-,23+,24+/m0/s1. The second-order valence-electron chi connectivity index (χ2n) is 9.25. The Morgan fingerprint density at radius 1 is 0.879 bits per heavy atom. The van der Waals surface area contributed by atoms with Gasteiger partial charge in [-0.1, -0.05) is 65.8 Å². The molecule has 5 rings (SSSR count). The van der Waals surface area contributed by atoms with Crippen LogP contribution < -0.4 is 0 Å². The predicted octanol–water partition coefficient (Wildman–Crippen LogP) is 2.51. The van der Waals surface area contributed by atoms with Gasteiger partial charge in [0.25, 0.3) is 0 Å². The Morgan fingerprint density at radius 2 is 1.52 bits per heavy atom. The fourth-order valence-electron chi connectivity index (χ4n) is 5.73. The topological polar surface area (TPSA) is 99.4 Å². The molecule has 2 amide bonds. The molecule has 1 heterocycles. The fraction of sp³-hybridized carbons (Fsp3) is 0.423. The summed E-state index contributed by atoms with van der Waals surface area (Å²) in [5.41, 5.74) is 2.52. The maximum absolute atomic E-state index is 13.4. The third-order valence-corrected chi connectivity index (χ3v) is 7.31. The van der Waals surface area contributed by atoms with Crippen LogP contribution in [0.1, 0.15) is 30.4 Å². The Balaban J connectivity index is 1.37. The lowest BCUT2D eigenvalue weighted by Gasteiger charge is -2.45. The van der Waals surface area contributed by atoms with Gasteiger partial charge in [-0.2, -0.15) is 0 Å². The largest absolute Gasteiger partial charge is 0.391 e. The third kappa shape index (κ3) is 4.07. The summed E-state index contributed by atoms with van der Waals surface area (Å²) in [5, 5.41) is 25.8. The van der Waals surface area contributed by atoms with Crippen LogP contribution in [0.3, 0.4) is 0 Å². The van der Waals surface area contributed by atoms with Gasteiger partial charge in [-0.15, -0.1) is 0 Å². The molecule has 33 heavy (non-hydrogen) atoms. The van der Waals surface area contributed by atoms with Crippen molar-refractivity contribution in [3.05, 3.63) is 71.8 Å². The van der Waals surface area contributed by atoms with Crippen molar-refractivity contribution in [1.29, 1.82) is 0 Å². The number of benzene rings is 2. The van der Waals surface area contributed by atoms with Crippen LogP contribution in [-0.2, 0) is 27.6 Å². The van der Waals surface area contributed by atoms with Crippen LogP contribution in [-0.4, -0.2) is 44.8 Å². The molecule has 0 spiro atoms. The minimum atomic E-state index is -1.08. The van der Waals surface area contributed by atoms with Crippen LogP contribution in [0.4, 0.5) is 0 Å². The number of fused-ring (bicyclic) bond motifs is 3. The first kappa shape index (κ1) is 21.8. The summed E-state index contributed by atoms with van der Waals surface area (Å²) < 4.78 is 0. The number of aliphatic hydroxyl groups is 2. The van der Waals surface area contributed by atoms with Crippen LogP contribution in [0.2, 0.25) is 0 Å². The Hall–Kier alpha value is -3.03. The van der Waals surface area contributed by atoms with Gasteiger partial charge in [0.2, 0.25) is 11.8 Å². The van der Waals surface area contributed by atoms with Gasteiger partial charge >= 0.3 is 0 Å². The fourth-order valence-corrected chi connectivity index (χ4v) is 5.73. The summed E-state index contributed by atoms with van der Waals surface area (Å²) in [6, 6.07) is 19.1. The molecule has 2 saturated carbocycles. The van der Waals surface area contributed by atoms with E-state index in [4.69, 9.17) is 4.84 Å². The van der Waals surface area contributed by atoms with Gasteiger partial charge in [-0.3, -0.25) is 14.5 Å². The van der Waals surface area contributed by atoms with E-state index in [-0.39, 0.29) is 30.7 Å². The van der Waals surface area contributed by atoms with E-state index < -0.39 is 30.0 Å². The van der Waals surface area contributed by atoms with E-state index in [2.05, 4.69) is 5.16 Å². The van der Waals surface area contributed by atoms with E-state index in [1.54, 1.807) is 0 Å². The van der Waals surface area contributed by atoms with Crippen LogP contribution in [0.5, 0.6) is 0 Å². The minimum absolute atomic E-state index is 0.182. The smallest absolute Gasteiger partial charge is 0.233 e. The molecule has 3 aliphatic rings. The molecule has 7 heteroatoms. The first-order chi connectivity index (χ1) is 16.0. The van der Waals surface area contributed by atoms with Gasteiger partial charge in [-0.25, -0.2) is 0 Å². The first-order valence-corrected chi connectivity index (χ1v) is 11.5. The molecule has 2 aliphatic carbocycles. The molecule has 2 aromatic carbocycles. The molecular weight excluding hydrogens is 420 g/mol. The van der Waals surface area contributed by atoms with Crippen molar-refractivity contribution in [2.75, 3.05) is 0 Å². The number of carbonyl (C=O) groups excluding carboxylic acids is 2. The average molecular weight is 449 g/mol. The highest BCUT2D eigenvalue weighted by Crippen LogP contribution is 2.49. The number of rotatable bonds is 5. The lowest BCUT2D eigenvalue weighted by Crippen LogP contribution is -2.54. The Bertz CT molecular complexity index is 1040. The van der Waals surface area contributed by atoms with E-state index in [1.807, 2.05) is 60.7 Å². The second-order valence-corrected chi connectivity index (χ2v) is 9.25. The molecule has 7 nitrogen and oxygen atoms in total. The monoisotopic (exact) mass is 448 g/mol. The van der Waals surface area contributed by atoms with E-state index in [0.29, 0.717) is 25.2 Å². The highest BCUT2D eigenvalue weighted by Gasteiger charge is 2.59. The number of hydrogen-bond donors (Lipinski definition) is 2. The van der Waals surface area contributed by atoms with Crippen molar-refractivity contribution in [3.63, 3.8) is 0 Å². The zero-order valence-electron chi connectivity index (χ0n) is 18.3. The van der Waals surface area contributed by atoms with Crippen molar-refractivity contribution in [3.8, 4) is 0 Å². The Kier molecular flexibility index (Phi) is 6.00. The molecule has 172 valence electrons. The van der Waals surface area contributed by atoms with Crippen molar-refractivity contribution < 1.29 is 24.6 Å². The molecule has 1 aliphatic heterocycles. The molecule has 6 atom stereocenters. The summed E-state index contributed by atoms with van der Waals surface area (Å²) >= 11 is 0. The molecular formula is C26H28N2O5. The zero-order valence-corrected chi connectivity index (χ0v) is 18.3. The number of likely N-dealkylation sites (tertiary alicyclic amines) is 1. The van der Waals surface area contributed by atoms with Crippen molar-refractivity contribution >= 4 is 17.5 Å². The SMILES string of the molecule is O=C1[C@H]2[C@H]3[C@H](O)[C@H](O)C/C(=N\OCc4ccccc4)[C@@H]3CC[C@H]2C(=O)N1Cc1ccccc1. The molecule has 1 saturated heterocycles. The molecule has 0 unspecified atom stereocenters. The third-order valence-electron chi connectivity index (χ3n) is 7.31. The highest BCUT2D eigenvalue weighted by atomic mass is 16.6. The molecule has 0 aromatic heterocycles. The molecule has 0 bridgehead atoms. The molecule has 0 radical (unpaired) electrons. The summed E-state index contributed by atoms with van der Waals surface area (Å²) in [4.78, 5) is 33.4. The van der Waals surface area contributed by atoms with Gasteiger partial charge < -0.3 is 15.1 Å². The molecule has 3 fully saturated rings. The minimum Gasteiger partial charge on any atom is -0.391 e. The number of hydrogen-bond acceptors (Lipinski definition) is 6. The highest BCUT2D eigenvalue weighted by molar-refractivity contribution is 6.06. The second kappa shape index (κ2) is 9.08. The van der Waals surface area contributed by atoms with Crippen molar-refractivity contribution in [2.45, 2.75) is 44.6 Å². The summed E-state index contributed by atoms with van der Waals surface area (Å²) in [6.07, 6.45) is -0.743. The maximum Gasteiger partial charge on any atom is 0.233 e. The van der Waals surface area contributed by atoms with Crippen molar-refractivity contribution in [2.24, 2.45) is 28.8 Å². The van der Waals surface area contributed by atoms with Gasteiger partial charge in [0.05, 0.1) is 36.3 Å². The van der Waals surface area contributed by atoms with E-state index >= 15 is 0 Å².